The zero-order valence-corrected chi connectivity index (χ0v) is 10.4. The van der Waals surface area contributed by atoms with Gasteiger partial charge in [-0.1, -0.05) is 0 Å². The van der Waals surface area contributed by atoms with Crippen LogP contribution in [-0.4, -0.2) is 32.2 Å². The molecule has 1 N–H and O–H groups in total. The second-order valence-electron chi connectivity index (χ2n) is 2.97. The van der Waals surface area contributed by atoms with Crippen LogP contribution in [0.25, 0.3) is 0 Å². The van der Waals surface area contributed by atoms with Gasteiger partial charge in [0.1, 0.15) is 10.6 Å². The molecule has 0 aliphatic carbocycles. The number of nitro groups is 1. The summed E-state index contributed by atoms with van der Waals surface area (Å²) in [6, 6.07) is 4.20. The van der Waals surface area contributed by atoms with E-state index in [4.69, 9.17) is 5.11 Å². The van der Waals surface area contributed by atoms with Crippen LogP contribution in [0.2, 0.25) is 0 Å². The largest absolute Gasteiger partial charge is 0.481 e. The number of nitrogens with zero attached hydrogens (tertiary/aromatic N) is 1. The van der Waals surface area contributed by atoms with Crippen molar-refractivity contribution in [2.75, 3.05) is 12.0 Å². The lowest BCUT2D eigenvalue weighted by molar-refractivity contribution is -0.388. The van der Waals surface area contributed by atoms with Gasteiger partial charge in [-0.25, -0.2) is 0 Å². The van der Waals surface area contributed by atoms with E-state index in [1.165, 1.54) is 23.9 Å². The first-order valence-electron chi connectivity index (χ1n) is 4.38. The molecular weight excluding hydrogens is 266 g/mol. The van der Waals surface area contributed by atoms with Crippen LogP contribution in [0.4, 0.5) is 5.69 Å². The van der Waals surface area contributed by atoms with E-state index in [9.17, 15) is 19.1 Å². The van der Waals surface area contributed by atoms with Crippen LogP contribution in [0.3, 0.4) is 0 Å². The first kappa shape index (κ1) is 13.7. The minimum absolute atomic E-state index is 0.0600. The minimum atomic E-state index is -1.91. The van der Waals surface area contributed by atoms with Crippen molar-refractivity contribution in [1.29, 1.82) is 0 Å². The molecule has 0 unspecified atom stereocenters. The van der Waals surface area contributed by atoms with Crippen LogP contribution >= 0.6 is 11.8 Å². The molecule has 0 saturated heterocycles. The summed E-state index contributed by atoms with van der Waals surface area (Å²) in [5, 5.41) is 19.3. The van der Waals surface area contributed by atoms with E-state index in [2.05, 4.69) is 0 Å². The van der Waals surface area contributed by atoms with Crippen LogP contribution in [0.5, 0.6) is 0 Å². The molecular formula is C9H9NO5S2. The van der Waals surface area contributed by atoms with Crippen molar-refractivity contribution in [3.8, 4) is 0 Å². The molecule has 0 bridgehead atoms. The first-order valence-corrected chi connectivity index (χ1v) is 6.92. The van der Waals surface area contributed by atoms with Gasteiger partial charge >= 0.3 is 5.97 Å². The number of carboxylic acids is 1. The molecule has 0 saturated carbocycles. The molecule has 8 heteroatoms. The average Bonchev–Trinajstić information content (AvgIpc) is 2.27. The maximum atomic E-state index is 11.6. The third-order valence-electron chi connectivity index (χ3n) is 1.86. The molecule has 0 amide bonds. The number of rotatable bonds is 5. The lowest BCUT2D eigenvalue weighted by Gasteiger charge is -2.03. The number of carboxylic acid groups (broad SMARTS) is 1. The van der Waals surface area contributed by atoms with E-state index >= 15 is 0 Å². The molecule has 1 aromatic rings. The fraction of sp³-hybridized carbons (Fsp3) is 0.222. The van der Waals surface area contributed by atoms with E-state index < -0.39 is 27.4 Å². The second-order valence-corrected chi connectivity index (χ2v) is 5.27. The molecule has 1 aromatic carbocycles. The predicted molar refractivity (Wildman–Crippen MR) is 63.8 cm³/mol. The number of hydrogen-bond acceptors (Lipinski definition) is 5. The Morgan fingerprint density at radius 1 is 1.59 bits per heavy atom. The summed E-state index contributed by atoms with van der Waals surface area (Å²) >= 11 is 1.31. The fourth-order valence-corrected chi connectivity index (χ4v) is 2.55. The Morgan fingerprint density at radius 2 is 2.24 bits per heavy atom. The molecule has 0 aliphatic rings. The lowest BCUT2D eigenvalue weighted by atomic mass is 10.3. The number of hydrogen-bond donors (Lipinski definition) is 1. The van der Waals surface area contributed by atoms with E-state index in [1.54, 1.807) is 12.3 Å². The number of benzene rings is 1. The topological polar surface area (TPSA) is 97.5 Å². The molecule has 0 spiro atoms. The molecule has 17 heavy (non-hydrogen) atoms. The summed E-state index contributed by atoms with van der Waals surface area (Å²) in [7, 11) is -1.91. The van der Waals surface area contributed by atoms with Gasteiger partial charge in [0.15, 0.2) is 0 Å². The summed E-state index contributed by atoms with van der Waals surface area (Å²) in [4.78, 5) is 21.2. The Hall–Kier alpha value is -1.41. The third-order valence-corrected chi connectivity index (χ3v) is 3.93. The van der Waals surface area contributed by atoms with Crippen molar-refractivity contribution < 1.29 is 19.0 Å². The van der Waals surface area contributed by atoms with Crippen molar-refractivity contribution >= 4 is 34.2 Å². The van der Waals surface area contributed by atoms with Gasteiger partial charge in [-0.3, -0.25) is 19.1 Å². The zero-order chi connectivity index (χ0) is 13.0. The lowest BCUT2D eigenvalue weighted by Crippen LogP contribution is -2.10. The Morgan fingerprint density at radius 3 is 2.71 bits per heavy atom. The highest BCUT2D eigenvalue weighted by atomic mass is 32.2. The summed E-state index contributed by atoms with van der Waals surface area (Å²) in [6.45, 7) is 0. The fourth-order valence-electron chi connectivity index (χ4n) is 1.15. The molecule has 1 rings (SSSR count). The predicted octanol–water partition coefficient (Wildman–Crippen LogP) is 1.51. The van der Waals surface area contributed by atoms with Gasteiger partial charge in [-0.15, -0.1) is 11.8 Å². The Kier molecular flexibility index (Phi) is 4.64. The molecule has 1 atom stereocenters. The molecule has 0 fully saturated rings. The van der Waals surface area contributed by atoms with Crippen LogP contribution in [0.1, 0.15) is 0 Å². The van der Waals surface area contributed by atoms with Crippen LogP contribution < -0.4 is 0 Å². The molecule has 0 aliphatic heterocycles. The number of thioether (sulfide) groups is 1. The Balaban J connectivity index is 3.19. The van der Waals surface area contributed by atoms with Gasteiger partial charge in [0, 0.05) is 11.0 Å². The van der Waals surface area contributed by atoms with Gasteiger partial charge < -0.3 is 5.11 Å². The van der Waals surface area contributed by atoms with Crippen molar-refractivity contribution in [1.82, 2.24) is 0 Å². The summed E-state index contributed by atoms with van der Waals surface area (Å²) < 4.78 is 11.6. The van der Waals surface area contributed by atoms with Crippen LogP contribution in [0, 0.1) is 10.1 Å². The maximum absolute atomic E-state index is 11.6. The van der Waals surface area contributed by atoms with Gasteiger partial charge in [-0.2, -0.15) is 0 Å². The normalized spacial score (nSPS) is 12.1. The smallest absolute Gasteiger partial charge is 0.316 e. The SMILES string of the molecule is CSc1ccc([S@@](=O)CC(=O)O)c([N+](=O)[O-])c1. The van der Waals surface area contributed by atoms with Crippen molar-refractivity contribution in [3.05, 3.63) is 28.3 Å². The Labute approximate surface area is 104 Å². The molecule has 92 valence electrons. The number of aliphatic carboxylic acids is 1. The van der Waals surface area contributed by atoms with Gasteiger partial charge in [0.05, 0.1) is 15.7 Å². The number of carbonyl (C=O) groups is 1. The average molecular weight is 275 g/mol. The highest BCUT2D eigenvalue weighted by Crippen LogP contribution is 2.27. The van der Waals surface area contributed by atoms with Gasteiger partial charge in [0.25, 0.3) is 5.69 Å². The quantitative estimate of drug-likeness (QED) is 0.497. The maximum Gasteiger partial charge on any atom is 0.316 e. The highest BCUT2D eigenvalue weighted by molar-refractivity contribution is 7.98. The summed E-state index contributed by atoms with van der Waals surface area (Å²) in [5.74, 6) is -1.90. The van der Waals surface area contributed by atoms with E-state index in [1.807, 2.05) is 0 Å². The minimum Gasteiger partial charge on any atom is -0.481 e. The second kappa shape index (κ2) is 5.78. The Bertz CT molecular complexity index is 488. The summed E-state index contributed by atoms with van der Waals surface area (Å²) in [6.07, 6.45) is 1.76. The molecule has 0 aromatic heterocycles. The zero-order valence-electron chi connectivity index (χ0n) is 8.78. The van der Waals surface area contributed by atoms with Crippen molar-refractivity contribution in [2.24, 2.45) is 0 Å². The standard InChI is InChI=1S/C9H9NO5S2/c1-16-6-2-3-8(7(4-6)10(13)14)17(15)5-9(11)12/h2-4H,5H2,1H3,(H,11,12)/t17-/m0/s1. The highest BCUT2D eigenvalue weighted by Gasteiger charge is 2.21. The number of nitro benzene ring substituents is 1. The van der Waals surface area contributed by atoms with E-state index in [-0.39, 0.29) is 10.6 Å². The van der Waals surface area contributed by atoms with Gasteiger partial charge in [0.2, 0.25) is 0 Å². The van der Waals surface area contributed by atoms with Crippen molar-refractivity contribution in [2.45, 2.75) is 9.79 Å². The third kappa shape index (κ3) is 3.53. The van der Waals surface area contributed by atoms with Crippen LogP contribution in [0.15, 0.2) is 28.0 Å². The monoisotopic (exact) mass is 275 g/mol. The van der Waals surface area contributed by atoms with E-state index in [0.717, 1.165) is 0 Å². The van der Waals surface area contributed by atoms with E-state index in [0.29, 0.717) is 4.90 Å². The van der Waals surface area contributed by atoms with Crippen molar-refractivity contribution in [3.63, 3.8) is 0 Å². The van der Waals surface area contributed by atoms with Gasteiger partial charge in [-0.05, 0) is 18.4 Å². The molecule has 0 radical (unpaired) electrons. The first-order chi connectivity index (χ1) is 7.95. The van der Waals surface area contributed by atoms with Crippen LogP contribution in [-0.2, 0) is 15.6 Å². The molecule has 0 heterocycles. The molecule has 6 nitrogen and oxygen atoms in total. The summed E-state index contributed by atoms with van der Waals surface area (Å²) in [5.41, 5.74) is -0.309.